The van der Waals surface area contributed by atoms with Gasteiger partial charge in [0.15, 0.2) is 5.76 Å². The summed E-state index contributed by atoms with van der Waals surface area (Å²) in [4.78, 5) is 67.5. The highest BCUT2D eigenvalue weighted by Gasteiger charge is 2.63. The SMILES string of the molecule is CC1(S(=O)(=O)NC(=O)[C@@]23C[C@H]2/C=C\CCCCCC(NC(=O)OC2CCCC2)C(=O)N2C[C@H](Oc4cc(-c5ccco5)nc5nc6ccccc6n45)C[C@H]2C(=O)N3)CC1. The van der Waals surface area contributed by atoms with E-state index in [1.807, 2.05) is 36.4 Å². The first kappa shape index (κ1) is 39.0. The number of carbonyl (C=O) groups excluding carboxylic acids is 4. The minimum Gasteiger partial charge on any atom is -0.473 e. The molecule has 3 aromatic heterocycles. The van der Waals surface area contributed by atoms with Crippen molar-refractivity contribution in [3.05, 3.63) is 60.9 Å². The minimum absolute atomic E-state index is 0.0257. The summed E-state index contributed by atoms with van der Waals surface area (Å²) in [5.41, 5.74) is 0.351. The molecular formula is C42H49N7O9S. The molecule has 4 aromatic rings. The molecule has 16 nitrogen and oxygen atoms in total. The molecule has 4 amide bonds. The number of furan rings is 1. The van der Waals surface area contributed by atoms with E-state index in [1.54, 1.807) is 35.8 Å². The molecule has 3 saturated carbocycles. The molecule has 312 valence electrons. The second-order valence-electron chi connectivity index (χ2n) is 16.9. The number of sulfonamides is 1. The maximum atomic E-state index is 14.8. The van der Waals surface area contributed by atoms with Crippen LogP contribution < -0.4 is 20.1 Å². The second kappa shape index (κ2) is 15.3. The summed E-state index contributed by atoms with van der Waals surface area (Å²) in [7, 11) is -4.01. The van der Waals surface area contributed by atoms with Gasteiger partial charge in [0.2, 0.25) is 33.5 Å². The highest BCUT2D eigenvalue weighted by Crippen LogP contribution is 2.47. The van der Waals surface area contributed by atoms with Gasteiger partial charge in [0.05, 0.1) is 28.6 Å². The molecule has 0 spiro atoms. The number of para-hydroxylation sites is 2. The van der Waals surface area contributed by atoms with Crippen LogP contribution in [-0.2, 0) is 29.1 Å². The van der Waals surface area contributed by atoms with Gasteiger partial charge in [-0.25, -0.2) is 27.6 Å². The third kappa shape index (κ3) is 7.64. The molecule has 0 radical (unpaired) electrons. The van der Waals surface area contributed by atoms with Gasteiger partial charge in [0.25, 0.3) is 5.91 Å². The second-order valence-corrected chi connectivity index (χ2v) is 19.1. The summed E-state index contributed by atoms with van der Waals surface area (Å²) in [6, 6.07) is 10.6. The molecule has 3 N–H and O–H groups in total. The molecule has 1 saturated heterocycles. The van der Waals surface area contributed by atoms with Crippen molar-refractivity contribution in [2.24, 2.45) is 5.92 Å². The highest BCUT2D eigenvalue weighted by atomic mass is 32.2. The first-order chi connectivity index (χ1) is 28.4. The molecular weight excluding hydrogens is 779 g/mol. The van der Waals surface area contributed by atoms with Gasteiger partial charge in [-0.3, -0.25) is 19.1 Å². The highest BCUT2D eigenvalue weighted by molar-refractivity contribution is 7.91. The Morgan fingerprint density at radius 3 is 2.56 bits per heavy atom. The normalized spacial score (nSPS) is 27.8. The summed E-state index contributed by atoms with van der Waals surface area (Å²) in [5, 5.41) is 5.75. The number of alkyl carbamates (subject to hydrolysis) is 1. The van der Waals surface area contributed by atoms with Gasteiger partial charge in [-0.15, -0.1) is 0 Å². The zero-order valence-electron chi connectivity index (χ0n) is 32.9. The van der Waals surface area contributed by atoms with Crippen LogP contribution >= 0.6 is 0 Å². The predicted molar refractivity (Wildman–Crippen MR) is 214 cm³/mol. The number of nitrogens with one attached hydrogen (secondary N) is 3. The third-order valence-corrected chi connectivity index (χ3v) is 14.8. The number of ether oxygens (including phenoxy) is 2. The number of hydrogen-bond donors (Lipinski definition) is 3. The number of rotatable bonds is 8. The number of aromatic nitrogens is 3. The Hall–Kier alpha value is -5.45. The summed E-state index contributed by atoms with van der Waals surface area (Å²) >= 11 is 0. The van der Waals surface area contributed by atoms with Gasteiger partial charge in [-0.05, 0) is 95.4 Å². The van der Waals surface area contributed by atoms with Crippen molar-refractivity contribution < 1.29 is 41.5 Å². The lowest BCUT2D eigenvalue weighted by molar-refractivity contribution is -0.141. The van der Waals surface area contributed by atoms with Gasteiger partial charge in [0.1, 0.15) is 35.5 Å². The zero-order chi connectivity index (χ0) is 40.9. The van der Waals surface area contributed by atoms with Gasteiger partial charge >= 0.3 is 6.09 Å². The Morgan fingerprint density at radius 2 is 1.78 bits per heavy atom. The lowest BCUT2D eigenvalue weighted by atomic mass is 10.0. The molecule has 1 aromatic carbocycles. The van der Waals surface area contributed by atoms with Gasteiger partial charge < -0.3 is 29.4 Å². The first-order valence-corrected chi connectivity index (χ1v) is 22.2. The van der Waals surface area contributed by atoms with Crippen LogP contribution in [0.4, 0.5) is 4.79 Å². The van der Waals surface area contributed by atoms with Crippen molar-refractivity contribution in [2.75, 3.05) is 6.54 Å². The van der Waals surface area contributed by atoms with Crippen LogP contribution in [-0.4, -0.2) is 92.6 Å². The Balaban J connectivity index is 1.05. The average molecular weight is 828 g/mol. The van der Waals surface area contributed by atoms with E-state index in [0.29, 0.717) is 60.7 Å². The van der Waals surface area contributed by atoms with Crippen LogP contribution in [0.15, 0.2) is 65.3 Å². The summed E-state index contributed by atoms with van der Waals surface area (Å²) < 4.78 is 47.6. The van der Waals surface area contributed by atoms with E-state index in [9.17, 15) is 27.6 Å². The van der Waals surface area contributed by atoms with Crippen molar-refractivity contribution in [2.45, 2.75) is 125 Å². The fraction of sp³-hybridized carbons (Fsp3) is 0.524. The lowest BCUT2D eigenvalue weighted by Gasteiger charge is -2.30. The minimum atomic E-state index is -4.01. The average Bonchev–Trinajstić information content (AvgIpc) is 3.69. The van der Waals surface area contributed by atoms with Crippen molar-refractivity contribution in [3.63, 3.8) is 0 Å². The number of benzene rings is 1. The molecule has 4 fully saturated rings. The summed E-state index contributed by atoms with van der Waals surface area (Å²) in [6.07, 6.45) is 11.5. The first-order valence-electron chi connectivity index (χ1n) is 20.7. The van der Waals surface area contributed by atoms with Crippen LogP contribution in [0.5, 0.6) is 5.88 Å². The Morgan fingerprint density at radius 1 is 0.983 bits per heavy atom. The van der Waals surface area contributed by atoms with Crippen LogP contribution in [0, 0.1) is 5.92 Å². The zero-order valence-corrected chi connectivity index (χ0v) is 33.7. The maximum Gasteiger partial charge on any atom is 0.408 e. The van der Waals surface area contributed by atoms with E-state index >= 15 is 0 Å². The molecule has 17 heteroatoms. The predicted octanol–water partition coefficient (Wildman–Crippen LogP) is 4.92. The standard InChI is InChI=1S/C42H49N7O9S/c1-41(19-20-41)59(54,55)47-38(52)42-24-26(42)12-5-3-2-4-6-16-30(45-40(53)58-27-13-7-8-14-27)37(51)48-25-28(22-33(48)36(50)46-42)57-35-23-31(34-18-11-21-56-34)44-39-43-29-15-9-10-17-32(29)49(35)39/h5,9-12,15,17-18,21,23,26-28,30,33H,2-4,6-8,13-14,16,19-20,22,24-25H2,1H3,(H,45,53)(H,46,50)(H,47,52)/b12-5-/t26-,28-,30?,33+,42-/m1/s1. The molecule has 5 heterocycles. The van der Waals surface area contributed by atoms with Crippen LogP contribution in [0.3, 0.4) is 0 Å². The van der Waals surface area contributed by atoms with Crippen LogP contribution in [0.2, 0.25) is 0 Å². The van der Waals surface area contributed by atoms with Crippen LogP contribution in [0.25, 0.3) is 28.3 Å². The fourth-order valence-corrected chi connectivity index (χ4v) is 10.0. The number of amides is 4. The van der Waals surface area contributed by atoms with E-state index in [0.717, 1.165) is 44.0 Å². The van der Waals surface area contributed by atoms with Gasteiger partial charge in [-0.1, -0.05) is 37.1 Å². The quantitative estimate of drug-likeness (QED) is 0.204. The van der Waals surface area contributed by atoms with Crippen molar-refractivity contribution in [3.8, 4) is 17.3 Å². The van der Waals surface area contributed by atoms with Gasteiger partial charge in [0, 0.05) is 18.4 Å². The van der Waals surface area contributed by atoms with E-state index < -0.39 is 68.2 Å². The topological polar surface area (TPSA) is 204 Å². The van der Waals surface area contributed by atoms with Crippen molar-refractivity contribution >= 4 is 50.6 Å². The van der Waals surface area contributed by atoms with Gasteiger partial charge in [-0.2, -0.15) is 0 Å². The van der Waals surface area contributed by atoms with E-state index in [1.165, 1.54) is 4.90 Å². The van der Waals surface area contributed by atoms with E-state index in [-0.39, 0.29) is 25.5 Å². The number of allylic oxidation sites excluding steroid dienone is 1. The third-order valence-electron chi connectivity index (χ3n) is 12.6. The van der Waals surface area contributed by atoms with E-state index in [4.69, 9.17) is 23.9 Å². The number of imidazole rings is 1. The molecule has 59 heavy (non-hydrogen) atoms. The smallest absolute Gasteiger partial charge is 0.408 e. The molecule has 5 aliphatic rings. The fourth-order valence-electron chi connectivity index (χ4n) is 8.72. The van der Waals surface area contributed by atoms with E-state index in [2.05, 4.69) is 15.4 Å². The number of nitrogens with zero attached hydrogens (tertiary/aromatic N) is 4. The Bertz CT molecular complexity index is 2420. The molecule has 0 bridgehead atoms. The summed E-state index contributed by atoms with van der Waals surface area (Å²) in [6.45, 7) is 1.56. The Kier molecular flexibility index (Phi) is 10.1. The summed E-state index contributed by atoms with van der Waals surface area (Å²) in [5.74, 6) is -1.15. The number of hydrogen-bond acceptors (Lipinski definition) is 11. The molecule has 5 atom stereocenters. The van der Waals surface area contributed by atoms with Crippen LogP contribution in [0.1, 0.15) is 90.4 Å². The van der Waals surface area contributed by atoms with Crippen molar-refractivity contribution in [1.82, 2.24) is 34.6 Å². The Labute approximate surface area is 341 Å². The maximum absolute atomic E-state index is 14.8. The largest absolute Gasteiger partial charge is 0.473 e. The molecule has 2 aliphatic heterocycles. The number of carbonyl (C=O) groups is 4. The lowest BCUT2D eigenvalue weighted by Crippen LogP contribution is -2.58. The molecule has 1 unspecified atom stereocenters. The van der Waals surface area contributed by atoms with Crippen molar-refractivity contribution in [1.29, 1.82) is 0 Å². The molecule has 3 aliphatic carbocycles. The monoisotopic (exact) mass is 827 g/mol. The number of fused-ring (bicyclic) bond motifs is 5. The molecule has 9 rings (SSSR count).